The smallest absolute Gasteiger partial charge is 0.146 e. The number of rotatable bonds is 4. The van der Waals surface area contributed by atoms with Crippen LogP contribution in [-0.4, -0.2) is 4.98 Å². The predicted octanol–water partition coefficient (Wildman–Crippen LogP) is 2.76. The zero-order valence-corrected chi connectivity index (χ0v) is 10.7. The van der Waals surface area contributed by atoms with E-state index in [9.17, 15) is 8.78 Å². The molecule has 1 aromatic carbocycles. The van der Waals surface area contributed by atoms with Crippen molar-refractivity contribution in [2.45, 2.75) is 12.5 Å². The Hall–Kier alpha value is -1.56. The highest BCUT2D eigenvalue weighted by atomic mass is 35.5. The monoisotopic (exact) mass is 283 g/mol. The molecule has 0 saturated heterocycles. The van der Waals surface area contributed by atoms with Crippen LogP contribution in [0.3, 0.4) is 0 Å². The lowest BCUT2D eigenvalue weighted by molar-refractivity contribution is 0.506. The highest BCUT2D eigenvalue weighted by Crippen LogP contribution is 2.25. The summed E-state index contributed by atoms with van der Waals surface area (Å²) >= 11 is 5.98. The van der Waals surface area contributed by atoms with E-state index in [1.807, 2.05) is 0 Å². The summed E-state index contributed by atoms with van der Waals surface area (Å²) in [4.78, 5) is 3.67. The number of aromatic nitrogens is 1. The van der Waals surface area contributed by atoms with Gasteiger partial charge in [-0.1, -0.05) is 11.6 Å². The fourth-order valence-electron chi connectivity index (χ4n) is 1.85. The molecular weight excluding hydrogens is 272 g/mol. The van der Waals surface area contributed by atoms with Gasteiger partial charge < -0.3 is 0 Å². The highest BCUT2D eigenvalue weighted by Gasteiger charge is 2.16. The molecule has 0 bridgehead atoms. The number of benzene rings is 1. The summed E-state index contributed by atoms with van der Waals surface area (Å²) in [6, 6.07) is 5.05. The Kier molecular flexibility index (Phi) is 4.42. The molecule has 0 spiro atoms. The van der Waals surface area contributed by atoms with Crippen molar-refractivity contribution in [1.29, 1.82) is 0 Å². The van der Waals surface area contributed by atoms with Crippen molar-refractivity contribution >= 4 is 11.6 Å². The second-order valence-corrected chi connectivity index (χ2v) is 4.46. The summed E-state index contributed by atoms with van der Waals surface area (Å²) in [6.45, 7) is 0. The van der Waals surface area contributed by atoms with E-state index in [0.717, 1.165) is 6.20 Å². The van der Waals surface area contributed by atoms with Crippen LogP contribution in [0.2, 0.25) is 5.02 Å². The number of hydrogen-bond donors (Lipinski definition) is 2. The van der Waals surface area contributed by atoms with Crippen LogP contribution in [0.15, 0.2) is 36.7 Å². The second-order valence-electron chi connectivity index (χ2n) is 4.06. The third-order valence-corrected chi connectivity index (χ3v) is 3.18. The predicted molar refractivity (Wildman–Crippen MR) is 69.4 cm³/mol. The summed E-state index contributed by atoms with van der Waals surface area (Å²) in [5, 5.41) is 0.413. The van der Waals surface area contributed by atoms with Gasteiger partial charge in [0.25, 0.3) is 0 Å². The van der Waals surface area contributed by atoms with E-state index in [4.69, 9.17) is 17.4 Å². The quantitative estimate of drug-likeness (QED) is 0.670. The van der Waals surface area contributed by atoms with Gasteiger partial charge in [-0.05, 0) is 36.2 Å². The number of pyridine rings is 1. The van der Waals surface area contributed by atoms with Crippen LogP contribution in [0.4, 0.5) is 8.78 Å². The first kappa shape index (κ1) is 13.9. The minimum atomic E-state index is -0.512. The molecule has 100 valence electrons. The molecule has 0 amide bonds. The van der Waals surface area contributed by atoms with Crippen LogP contribution in [0.25, 0.3) is 0 Å². The molecule has 1 aromatic heterocycles. The molecule has 2 rings (SSSR count). The molecule has 0 saturated carbocycles. The molecule has 2 aromatic rings. The van der Waals surface area contributed by atoms with Gasteiger partial charge in [-0.3, -0.25) is 16.3 Å². The number of halogens is 3. The van der Waals surface area contributed by atoms with Gasteiger partial charge in [-0.2, -0.15) is 0 Å². The maximum atomic E-state index is 13.6. The highest BCUT2D eigenvalue weighted by molar-refractivity contribution is 6.31. The van der Waals surface area contributed by atoms with Gasteiger partial charge in [0.2, 0.25) is 0 Å². The standard InChI is InChI=1S/C13H12ClF2N3/c14-11-2-1-9(15)5-8(11)6-13(19-17)10-3-4-18-7-12(10)16/h1-5,7,13,19H,6,17H2. The third-order valence-electron chi connectivity index (χ3n) is 2.81. The second kappa shape index (κ2) is 6.06. The number of hydrogen-bond acceptors (Lipinski definition) is 3. The molecule has 1 atom stereocenters. The van der Waals surface area contributed by atoms with Gasteiger partial charge in [0.05, 0.1) is 12.2 Å². The molecule has 0 aliphatic heterocycles. The van der Waals surface area contributed by atoms with E-state index in [1.165, 1.54) is 30.5 Å². The minimum Gasteiger partial charge on any atom is -0.271 e. The van der Waals surface area contributed by atoms with Gasteiger partial charge in [-0.25, -0.2) is 8.78 Å². The average Bonchev–Trinajstić information content (AvgIpc) is 2.41. The van der Waals surface area contributed by atoms with Crippen molar-refractivity contribution in [3.05, 3.63) is 64.4 Å². The molecule has 1 unspecified atom stereocenters. The van der Waals surface area contributed by atoms with E-state index in [-0.39, 0.29) is 6.42 Å². The third kappa shape index (κ3) is 3.26. The number of nitrogens with one attached hydrogen (secondary N) is 1. The molecule has 0 radical (unpaired) electrons. The minimum absolute atomic E-state index is 0.272. The largest absolute Gasteiger partial charge is 0.271 e. The molecule has 0 aliphatic rings. The molecule has 0 aliphatic carbocycles. The molecular formula is C13H12ClF2N3. The Bertz CT molecular complexity index is 578. The molecule has 6 heteroatoms. The van der Waals surface area contributed by atoms with Crippen molar-refractivity contribution < 1.29 is 8.78 Å². The number of hydrazine groups is 1. The van der Waals surface area contributed by atoms with Gasteiger partial charge in [0.15, 0.2) is 0 Å². The fraction of sp³-hybridized carbons (Fsp3) is 0.154. The Morgan fingerprint density at radius 3 is 2.79 bits per heavy atom. The van der Waals surface area contributed by atoms with E-state index < -0.39 is 17.7 Å². The van der Waals surface area contributed by atoms with E-state index in [0.29, 0.717) is 16.1 Å². The van der Waals surface area contributed by atoms with Crippen LogP contribution < -0.4 is 11.3 Å². The van der Waals surface area contributed by atoms with Crippen molar-refractivity contribution in [3.8, 4) is 0 Å². The van der Waals surface area contributed by atoms with Crippen LogP contribution in [0.5, 0.6) is 0 Å². The van der Waals surface area contributed by atoms with Crippen LogP contribution in [-0.2, 0) is 6.42 Å². The summed E-state index contributed by atoms with van der Waals surface area (Å²) in [5.74, 6) is 4.56. The van der Waals surface area contributed by atoms with Crippen LogP contribution in [0, 0.1) is 11.6 Å². The number of nitrogens with two attached hydrogens (primary N) is 1. The lowest BCUT2D eigenvalue weighted by atomic mass is 10.00. The maximum Gasteiger partial charge on any atom is 0.146 e. The van der Waals surface area contributed by atoms with E-state index >= 15 is 0 Å². The van der Waals surface area contributed by atoms with Gasteiger partial charge in [0, 0.05) is 16.8 Å². The molecule has 3 nitrogen and oxygen atoms in total. The topological polar surface area (TPSA) is 50.9 Å². The first-order valence-electron chi connectivity index (χ1n) is 5.61. The fourth-order valence-corrected chi connectivity index (χ4v) is 2.04. The van der Waals surface area contributed by atoms with Gasteiger partial charge >= 0.3 is 0 Å². The van der Waals surface area contributed by atoms with Crippen molar-refractivity contribution in [2.24, 2.45) is 5.84 Å². The Labute approximate surface area is 114 Å². The first-order valence-corrected chi connectivity index (χ1v) is 5.99. The summed E-state index contributed by atoms with van der Waals surface area (Å²) in [6.07, 6.45) is 2.84. The Morgan fingerprint density at radius 2 is 2.11 bits per heavy atom. The number of nitrogens with zero attached hydrogens (tertiary/aromatic N) is 1. The van der Waals surface area contributed by atoms with Gasteiger partial charge in [0.1, 0.15) is 11.6 Å². The maximum absolute atomic E-state index is 13.6. The lowest BCUT2D eigenvalue weighted by Crippen LogP contribution is -2.30. The Balaban J connectivity index is 2.29. The zero-order chi connectivity index (χ0) is 13.8. The van der Waals surface area contributed by atoms with Crippen LogP contribution >= 0.6 is 11.6 Å². The first-order chi connectivity index (χ1) is 9.11. The van der Waals surface area contributed by atoms with Crippen molar-refractivity contribution in [2.75, 3.05) is 0 Å². The normalized spacial score (nSPS) is 12.4. The van der Waals surface area contributed by atoms with Gasteiger partial charge in [-0.15, -0.1) is 0 Å². The lowest BCUT2D eigenvalue weighted by Gasteiger charge is -2.17. The summed E-state index contributed by atoms with van der Waals surface area (Å²) < 4.78 is 26.8. The molecule has 1 heterocycles. The summed E-state index contributed by atoms with van der Waals surface area (Å²) in [7, 11) is 0. The Morgan fingerprint density at radius 1 is 1.32 bits per heavy atom. The zero-order valence-electron chi connectivity index (χ0n) is 9.91. The SMILES string of the molecule is NNC(Cc1cc(F)ccc1Cl)c1ccncc1F. The molecule has 0 fully saturated rings. The molecule has 3 N–H and O–H groups in total. The summed E-state index contributed by atoms with van der Waals surface area (Å²) in [5.41, 5.74) is 3.42. The van der Waals surface area contributed by atoms with Crippen molar-refractivity contribution in [1.82, 2.24) is 10.4 Å². The van der Waals surface area contributed by atoms with Crippen molar-refractivity contribution in [3.63, 3.8) is 0 Å². The van der Waals surface area contributed by atoms with E-state index in [1.54, 1.807) is 0 Å². The average molecular weight is 284 g/mol. The van der Waals surface area contributed by atoms with E-state index in [2.05, 4.69) is 10.4 Å². The van der Waals surface area contributed by atoms with Crippen LogP contribution in [0.1, 0.15) is 17.2 Å². The molecule has 19 heavy (non-hydrogen) atoms.